The molecule has 0 aromatic carbocycles. The molecule has 0 bridgehead atoms. The number of aromatic carboxylic acids is 1. The van der Waals surface area contributed by atoms with Gasteiger partial charge in [0.25, 0.3) is 5.56 Å². The van der Waals surface area contributed by atoms with Gasteiger partial charge in [0.15, 0.2) is 0 Å². The molecule has 2 aromatic heterocycles. The third-order valence-corrected chi connectivity index (χ3v) is 3.34. The molecular formula is C16H14N2O4. The Morgan fingerprint density at radius 2 is 2.09 bits per heavy atom. The van der Waals surface area contributed by atoms with Crippen LogP contribution in [0.5, 0.6) is 5.75 Å². The zero-order chi connectivity index (χ0) is 15.9. The third kappa shape index (κ3) is 2.39. The number of fused-ring (bicyclic) bond motifs is 1. The normalized spacial score (nSPS) is 15.5. The van der Waals surface area contributed by atoms with Crippen LogP contribution in [0.3, 0.4) is 0 Å². The van der Waals surface area contributed by atoms with E-state index in [1.54, 1.807) is 24.5 Å². The van der Waals surface area contributed by atoms with Crippen molar-refractivity contribution in [2.75, 3.05) is 0 Å². The number of carboxylic acids is 1. The van der Waals surface area contributed by atoms with E-state index in [9.17, 15) is 9.59 Å². The predicted octanol–water partition coefficient (Wildman–Crippen LogP) is 2.00. The molecule has 0 aliphatic carbocycles. The lowest BCUT2D eigenvalue weighted by atomic mass is 10.00. The predicted molar refractivity (Wildman–Crippen MR) is 80.0 cm³/mol. The lowest BCUT2D eigenvalue weighted by Crippen LogP contribution is -2.32. The molecule has 3 rings (SSSR count). The van der Waals surface area contributed by atoms with Crippen LogP contribution in [0.2, 0.25) is 0 Å². The average molecular weight is 298 g/mol. The van der Waals surface area contributed by atoms with Crippen molar-refractivity contribution in [3.63, 3.8) is 0 Å². The highest BCUT2D eigenvalue weighted by molar-refractivity contribution is 5.87. The minimum Gasteiger partial charge on any atom is -0.481 e. The van der Waals surface area contributed by atoms with Crippen LogP contribution in [0.1, 0.15) is 29.8 Å². The van der Waals surface area contributed by atoms with Crippen LogP contribution in [0, 0.1) is 0 Å². The fourth-order valence-corrected chi connectivity index (χ4v) is 2.39. The first-order valence-corrected chi connectivity index (χ1v) is 6.70. The molecule has 2 aromatic rings. The zero-order valence-electron chi connectivity index (χ0n) is 12.1. The second-order valence-corrected chi connectivity index (χ2v) is 5.54. The lowest BCUT2D eigenvalue weighted by molar-refractivity contribution is 0.0696. The standard InChI is InChI=1S/C16H14N2O4/c1-16(2)7-12(11-5-6-17-8-13(11)22-16)18-9-10(15(20)21)3-4-14(18)19/h3-9H,1-2H3,(H,20,21). The molecule has 0 unspecified atom stereocenters. The molecule has 0 amide bonds. The van der Waals surface area contributed by atoms with E-state index in [4.69, 9.17) is 9.84 Å². The Hall–Kier alpha value is -2.89. The number of rotatable bonds is 2. The molecule has 0 radical (unpaired) electrons. The first-order chi connectivity index (χ1) is 10.4. The van der Waals surface area contributed by atoms with Crippen LogP contribution in [0.25, 0.3) is 5.70 Å². The van der Waals surface area contributed by atoms with E-state index in [1.165, 1.54) is 22.9 Å². The number of carbonyl (C=O) groups is 1. The molecule has 0 fully saturated rings. The number of pyridine rings is 2. The molecule has 1 aliphatic heterocycles. The van der Waals surface area contributed by atoms with Crippen LogP contribution in [0.15, 0.2) is 47.7 Å². The molecule has 1 N–H and O–H groups in total. The van der Waals surface area contributed by atoms with Crippen molar-refractivity contribution in [1.29, 1.82) is 0 Å². The number of carboxylic acid groups (broad SMARTS) is 1. The van der Waals surface area contributed by atoms with E-state index in [2.05, 4.69) is 4.98 Å². The SMILES string of the molecule is CC1(C)C=C(n2cc(C(=O)O)ccc2=O)c2ccncc2O1. The molecule has 0 saturated carbocycles. The first-order valence-electron chi connectivity index (χ1n) is 6.70. The van der Waals surface area contributed by atoms with E-state index >= 15 is 0 Å². The van der Waals surface area contributed by atoms with Gasteiger partial charge >= 0.3 is 5.97 Å². The van der Waals surface area contributed by atoms with Crippen LogP contribution in [-0.2, 0) is 0 Å². The maximum Gasteiger partial charge on any atom is 0.337 e. The van der Waals surface area contributed by atoms with Crippen LogP contribution < -0.4 is 10.3 Å². The van der Waals surface area contributed by atoms with Gasteiger partial charge in [0, 0.05) is 24.0 Å². The highest BCUT2D eigenvalue weighted by atomic mass is 16.5. The van der Waals surface area contributed by atoms with Gasteiger partial charge in [-0.2, -0.15) is 0 Å². The minimum atomic E-state index is -1.09. The highest BCUT2D eigenvalue weighted by Crippen LogP contribution is 2.35. The Balaban J connectivity index is 2.26. The number of hydrogen-bond donors (Lipinski definition) is 1. The van der Waals surface area contributed by atoms with Gasteiger partial charge in [-0.1, -0.05) is 0 Å². The van der Waals surface area contributed by atoms with Crippen molar-refractivity contribution < 1.29 is 14.6 Å². The molecular weight excluding hydrogens is 284 g/mol. The maximum absolute atomic E-state index is 12.2. The molecule has 112 valence electrons. The van der Waals surface area contributed by atoms with Gasteiger partial charge < -0.3 is 9.84 Å². The summed E-state index contributed by atoms with van der Waals surface area (Å²) in [5.41, 5.74) is 0.377. The fraction of sp³-hybridized carbons (Fsp3) is 0.188. The maximum atomic E-state index is 12.2. The molecule has 6 heteroatoms. The Bertz CT molecular complexity index is 849. The topological polar surface area (TPSA) is 81.4 Å². The minimum absolute atomic E-state index is 0.0420. The summed E-state index contributed by atoms with van der Waals surface area (Å²) < 4.78 is 7.14. The lowest BCUT2D eigenvalue weighted by Gasteiger charge is -2.31. The van der Waals surface area contributed by atoms with E-state index in [-0.39, 0.29) is 11.1 Å². The zero-order valence-corrected chi connectivity index (χ0v) is 12.1. The third-order valence-electron chi connectivity index (χ3n) is 3.34. The average Bonchev–Trinajstić information content (AvgIpc) is 2.45. The number of aromatic nitrogens is 2. The van der Waals surface area contributed by atoms with Crippen molar-refractivity contribution in [1.82, 2.24) is 9.55 Å². The molecule has 0 atom stereocenters. The van der Waals surface area contributed by atoms with E-state index in [0.29, 0.717) is 17.0 Å². The molecule has 0 spiro atoms. The van der Waals surface area contributed by atoms with E-state index in [1.807, 2.05) is 13.8 Å². The molecule has 1 aliphatic rings. The highest BCUT2D eigenvalue weighted by Gasteiger charge is 2.28. The van der Waals surface area contributed by atoms with Gasteiger partial charge in [-0.05, 0) is 32.1 Å². The van der Waals surface area contributed by atoms with E-state index in [0.717, 1.165) is 0 Å². The number of ether oxygens (including phenoxy) is 1. The fourth-order valence-electron chi connectivity index (χ4n) is 2.39. The molecule has 3 heterocycles. The van der Waals surface area contributed by atoms with Gasteiger partial charge in [0.05, 0.1) is 17.5 Å². The first kappa shape index (κ1) is 14.1. The largest absolute Gasteiger partial charge is 0.481 e. The summed E-state index contributed by atoms with van der Waals surface area (Å²) in [6, 6.07) is 4.27. The second-order valence-electron chi connectivity index (χ2n) is 5.54. The van der Waals surface area contributed by atoms with Crippen molar-refractivity contribution >= 4 is 11.7 Å². The number of nitrogens with zero attached hydrogens (tertiary/aromatic N) is 2. The van der Waals surface area contributed by atoms with Gasteiger partial charge in [-0.25, -0.2) is 4.79 Å². The smallest absolute Gasteiger partial charge is 0.337 e. The monoisotopic (exact) mass is 298 g/mol. The van der Waals surface area contributed by atoms with Crippen LogP contribution in [0.4, 0.5) is 0 Å². The second kappa shape index (κ2) is 4.84. The Morgan fingerprint density at radius 1 is 1.32 bits per heavy atom. The Kier molecular flexibility index (Phi) is 3.09. The molecule has 22 heavy (non-hydrogen) atoms. The van der Waals surface area contributed by atoms with Gasteiger partial charge in [0.1, 0.15) is 11.4 Å². The Labute approximate surface area is 126 Å². The van der Waals surface area contributed by atoms with Crippen LogP contribution in [-0.4, -0.2) is 26.2 Å². The summed E-state index contributed by atoms with van der Waals surface area (Å²) in [5.74, 6) is -0.534. The van der Waals surface area contributed by atoms with Gasteiger partial charge in [-0.3, -0.25) is 14.3 Å². The molecule has 0 saturated heterocycles. The van der Waals surface area contributed by atoms with Crippen molar-refractivity contribution in [2.24, 2.45) is 0 Å². The van der Waals surface area contributed by atoms with Gasteiger partial charge in [-0.15, -0.1) is 0 Å². The van der Waals surface area contributed by atoms with Crippen LogP contribution >= 0.6 is 0 Å². The van der Waals surface area contributed by atoms with Gasteiger partial charge in [0.2, 0.25) is 0 Å². The summed E-state index contributed by atoms with van der Waals surface area (Å²) in [4.78, 5) is 27.4. The summed E-state index contributed by atoms with van der Waals surface area (Å²) in [6.45, 7) is 3.71. The quantitative estimate of drug-likeness (QED) is 0.917. The van der Waals surface area contributed by atoms with Crippen molar-refractivity contribution in [3.8, 4) is 5.75 Å². The van der Waals surface area contributed by atoms with Crippen molar-refractivity contribution in [3.05, 3.63) is 64.3 Å². The van der Waals surface area contributed by atoms with Crippen molar-refractivity contribution in [2.45, 2.75) is 19.4 Å². The molecule has 6 nitrogen and oxygen atoms in total. The Morgan fingerprint density at radius 3 is 2.82 bits per heavy atom. The summed E-state index contributed by atoms with van der Waals surface area (Å²) >= 11 is 0. The summed E-state index contributed by atoms with van der Waals surface area (Å²) in [7, 11) is 0. The number of hydrogen-bond acceptors (Lipinski definition) is 4. The van der Waals surface area contributed by atoms with E-state index < -0.39 is 11.6 Å². The summed E-state index contributed by atoms with van der Waals surface area (Å²) in [6.07, 6.45) is 6.29. The summed E-state index contributed by atoms with van der Waals surface area (Å²) in [5, 5.41) is 9.13.